The molecule has 2 fully saturated rings. The first-order chi connectivity index (χ1) is 7.54. The van der Waals surface area contributed by atoms with E-state index in [9.17, 15) is 0 Å². The molecular weight excluding hydrogens is 210 g/mol. The summed E-state index contributed by atoms with van der Waals surface area (Å²) in [6.07, 6.45) is 2.92. The van der Waals surface area contributed by atoms with Gasteiger partial charge < -0.3 is 4.74 Å². The summed E-state index contributed by atoms with van der Waals surface area (Å²) in [6, 6.07) is 0.634. The Morgan fingerprint density at radius 3 is 1.88 bits per heavy atom. The Balaban J connectivity index is 2.19. The fourth-order valence-electron chi connectivity index (χ4n) is 3.60. The molecule has 2 aliphatic rings. The first-order valence-corrected chi connectivity index (χ1v) is 6.98. The van der Waals surface area contributed by atoms with Gasteiger partial charge in [0.2, 0.25) is 0 Å². The second-order valence-corrected chi connectivity index (χ2v) is 8.20. The van der Waals surface area contributed by atoms with E-state index in [0.717, 1.165) is 6.54 Å². The molecule has 2 heteroatoms. The third kappa shape index (κ3) is 2.39. The molecule has 1 spiro atoms. The number of rotatable bonds is 0. The summed E-state index contributed by atoms with van der Waals surface area (Å²) in [6.45, 7) is 17.4. The van der Waals surface area contributed by atoms with Gasteiger partial charge in [0.25, 0.3) is 0 Å². The lowest BCUT2D eigenvalue weighted by Gasteiger charge is -2.45. The number of nitrogens with zero attached hydrogens (tertiary/aromatic N) is 1. The second-order valence-electron chi connectivity index (χ2n) is 8.20. The molecule has 0 N–H and O–H groups in total. The van der Waals surface area contributed by atoms with E-state index >= 15 is 0 Å². The van der Waals surface area contributed by atoms with Crippen molar-refractivity contribution in [2.45, 2.75) is 84.6 Å². The predicted octanol–water partition coefficient (Wildman–Crippen LogP) is 3.45. The molecule has 0 amide bonds. The fraction of sp³-hybridized carbons (Fsp3) is 1.00. The Hall–Kier alpha value is -0.0800. The van der Waals surface area contributed by atoms with Gasteiger partial charge in [0.1, 0.15) is 0 Å². The molecule has 2 rings (SSSR count). The fourth-order valence-corrected chi connectivity index (χ4v) is 3.60. The van der Waals surface area contributed by atoms with Gasteiger partial charge in [0.05, 0.1) is 11.7 Å². The van der Waals surface area contributed by atoms with E-state index in [1.165, 1.54) is 12.8 Å². The van der Waals surface area contributed by atoms with Crippen LogP contribution in [0.5, 0.6) is 0 Å². The molecule has 0 bridgehead atoms. The molecule has 3 atom stereocenters. The Morgan fingerprint density at radius 2 is 1.59 bits per heavy atom. The van der Waals surface area contributed by atoms with Gasteiger partial charge in [-0.1, -0.05) is 20.8 Å². The van der Waals surface area contributed by atoms with Crippen molar-refractivity contribution in [3.63, 3.8) is 0 Å². The van der Waals surface area contributed by atoms with Gasteiger partial charge in [-0.2, -0.15) is 0 Å². The van der Waals surface area contributed by atoms with Crippen molar-refractivity contribution in [3.8, 4) is 0 Å². The zero-order valence-electron chi connectivity index (χ0n) is 12.6. The molecule has 2 nitrogen and oxygen atoms in total. The largest absolute Gasteiger partial charge is 0.370 e. The zero-order valence-corrected chi connectivity index (χ0v) is 12.6. The average Bonchev–Trinajstić information content (AvgIpc) is 2.41. The van der Waals surface area contributed by atoms with Crippen LogP contribution in [-0.2, 0) is 4.74 Å². The molecule has 2 heterocycles. The average molecular weight is 239 g/mol. The number of ether oxygens (including phenoxy) is 1. The molecule has 0 saturated carbocycles. The van der Waals surface area contributed by atoms with E-state index in [1.807, 2.05) is 0 Å². The molecule has 0 aliphatic carbocycles. The van der Waals surface area contributed by atoms with Gasteiger partial charge in [-0.25, -0.2) is 0 Å². The van der Waals surface area contributed by atoms with Crippen LogP contribution in [0.1, 0.15) is 61.3 Å². The van der Waals surface area contributed by atoms with Gasteiger partial charge in [-0.15, -0.1) is 0 Å². The Morgan fingerprint density at radius 1 is 1.06 bits per heavy atom. The molecule has 0 aromatic rings. The second kappa shape index (κ2) is 3.71. The van der Waals surface area contributed by atoms with Crippen molar-refractivity contribution >= 4 is 0 Å². The lowest BCUT2D eigenvalue weighted by molar-refractivity contribution is -0.191. The highest BCUT2D eigenvalue weighted by Gasteiger charge is 2.56. The maximum atomic E-state index is 6.10. The van der Waals surface area contributed by atoms with Crippen LogP contribution in [-0.4, -0.2) is 34.7 Å². The van der Waals surface area contributed by atoms with Crippen molar-refractivity contribution in [1.29, 1.82) is 0 Å². The Kier molecular flexibility index (Phi) is 2.91. The Labute approximate surface area is 107 Å². The van der Waals surface area contributed by atoms with Gasteiger partial charge in [0.15, 0.2) is 0 Å². The molecular formula is C15H29NO. The minimum absolute atomic E-state index is 0.171. The van der Waals surface area contributed by atoms with Crippen molar-refractivity contribution < 1.29 is 4.74 Å². The van der Waals surface area contributed by atoms with E-state index in [4.69, 9.17) is 4.74 Å². The van der Waals surface area contributed by atoms with Crippen molar-refractivity contribution in [3.05, 3.63) is 0 Å². The third-order valence-electron chi connectivity index (χ3n) is 4.37. The first-order valence-electron chi connectivity index (χ1n) is 6.98. The molecule has 100 valence electrons. The number of hydrogen-bond donors (Lipinski definition) is 0. The quantitative estimate of drug-likeness (QED) is 0.642. The summed E-state index contributed by atoms with van der Waals surface area (Å²) in [5.41, 5.74) is 0.743. The monoisotopic (exact) mass is 239 g/mol. The molecule has 17 heavy (non-hydrogen) atoms. The smallest absolute Gasteiger partial charge is 0.0852 e. The van der Waals surface area contributed by atoms with E-state index < -0.39 is 0 Å². The summed E-state index contributed by atoms with van der Waals surface area (Å²) in [4.78, 5) is 2.67. The lowest BCUT2D eigenvalue weighted by Crippen LogP contribution is -2.53. The highest BCUT2D eigenvalue weighted by molar-refractivity contribution is 5.09. The van der Waals surface area contributed by atoms with Crippen LogP contribution in [0.3, 0.4) is 0 Å². The summed E-state index contributed by atoms with van der Waals surface area (Å²) < 4.78 is 6.10. The SMILES string of the molecule is CC1CC2(CC(C(C)(C)C)N(C(C)(C)C)C2)O1. The van der Waals surface area contributed by atoms with Crippen LogP contribution in [0.25, 0.3) is 0 Å². The van der Waals surface area contributed by atoms with Crippen LogP contribution in [0, 0.1) is 5.41 Å². The lowest BCUT2D eigenvalue weighted by atomic mass is 9.79. The summed E-state index contributed by atoms with van der Waals surface area (Å²) in [7, 11) is 0. The van der Waals surface area contributed by atoms with E-state index in [0.29, 0.717) is 17.6 Å². The molecule has 2 aliphatic heterocycles. The van der Waals surface area contributed by atoms with Crippen molar-refractivity contribution in [1.82, 2.24) is 4.90 Å². The Bertz CT molecular complexity index is 267. The highest BCUT2D eigenvalue weighted by Crippen LogP contribution is 2.49. The molecule has 0 aromatic heterocycles. The van der Waals surface area contributed by atoms with Gasteiger partial charge in [-0.3, -0.25) is 4.90 Å². The number of likely N-dealkylation sites (tertiary alicyclic amines) is 1. The predicted molar refractivity (Wildman–Crippen MR) is 72.2 cm³/mol. The molecule has 0 aromatic carbocycles. The van der Waals surface area contributed by atoms with Crippen molar-refractivity contribution in [2.24, 2.45) is 5.41 Å². The number of hydrogen-bond acceptors (Lipinski definition) is 2. The van der Waals surface area contributed by atoms with Crippen LogP contribution < -0.4 is 0 Å². The van der Waals surface area contributed by atoms with Crippen LogP contribution in [0.2, 0.25) is 0 Å². The summed E-state index contributed by atoms with van der Waals surface area (Å²) in [5, 5.41) is 0. The minimum atomic E-state index is 0.171. The van der Waals surface area contributed by atoms with E-state index in [1.54, 1.807) is 0 Å². The van der Waals surface area contributed by atoms with E-state index in [2.05, 4.69) is 53.4 Å². The molecule has 0 radical (unpaired) electrons. The first kappa shape index (κ1) is 13.4. The molecule has 2 saturated heterocycles. The maximum absolute atomic E-state index is 6.10. The summed E-state index contributed by atoms with van der Waals surface area (Å²) in [5.74, 6) is 0. The maximum Gasteiger partial charge on any atom is 0.0852 e. The van der Waals surface area contributed by atoms with E-state index in [-0.39, 0.29) is 11.1 Å². The van der Waals surface area contributed by atoms with Crippen LogP contribution >= 0.6 is 0 Å². The standard InChI is InChI=1S/C15H29NO/c1-11-8-15(17-11)9-12(13(2,3)4)16(10-15)14(5,6)7/h11-12H,8-10H2,1-7H3. The third-order valence-corrected chi connectivity index (χ3v) is 4.37. The van der Waals surface area contributed by atoms with Crippen LogP contribution in [0.15, 0.2) is 0 Å². The van der Waals surface area contributed by atoms with Crippen LogP contribution in [0.4, 0.5) is 0 Å². The zero-order chi connectivity index (χ0) is 13.1. The van der Waals surface area contributed by atoms with Gasteiger partial charge in [-0.05, 0) is 39.5 Å². The van der Waals surface area contributed by atoms with Gasteiger partial charge >= 0.3 is 0 Å². The topological polar surface area (TPSA) is 12.5 Å². The van der Waals surface area contributed by atoms with Gasteiger partial charge in [0, 0.05) is 24.5 Å². The minimum Gasteiger partial charge on any atom is -0.370 e. The summed E-state index contributed by atoms with van der Waals surface area (Å²) >= 11 is 0. The highest BCUT2D eigenvalue weighted by atomic mass is 16.5. The normalized spacial score (nSPS) is 39.7. The molecule has 3 unspecified atom stereocenters. The van der Waals surface area contributed by atoms with Crippen molar-refractivity contribution in [2.75, 3.05) is 6.54 Å².